The highest BCUT2D eigenvalue weighted by Gasteiger charge is 2.34. The van der Waals surface area contributed by atoms with Crippen molar-refractivity contribution < 1.29 is 9.53 Å². The van der Waals surface area contributed by atoms with Crippen molar-refractivity contribution >= 4 is 46.1 Å². The lowest BCUT2D eigenvalue weighted by atomic mass is 10.0. The van der Waals surface area contributed by atoms with Crippen LogP contribution in [0.15, 0.2) is 9.70 Å². The Morgan fingerprint density at radius 2 is 1.50 bits per heavy atom. The van der Waals surface area contributed by atoms with Gasteiger partial charge in [-0.1, -0.05) is 102 Å². The molecule has 1 aromatic rings. The number of amides is 1. The minimum Gasteiger partial charge on any atom is -0.372 e. The van der Waals surface area contributed by atoms with Gasteiger partial charge in [0.1, 0.15) is 21.8 Å². The molecule has 2 aliphatic heterocycles. The van der Waals surface area contributed by atoms with Crippen molar-refractivity contribution in [3.05, 3.63) is 31.9 Å². The zero-order chi connectivity index (χ0) is 30.6. The summed E-state index contributed by atoms with van der Waals surface area (Å²) < 4.78 is 8.32. The first kappa shape index (κ1) is 34.3. The Morgan fingerprint density at radius 1 is 0.929 bits per heavy atom. The lowest BCUT2D eigenvalue weighted by Crippen LogP contribution is -2.48. The summed E-state index contributed by atoms with van der Waals surface area (Å²) in [6, 6.07) is 2.15. The number of pyridine rings is 1. The van der Waals surface area contributed by atoms with Crippen LogP contribution in [0.1, 0.15) is 121 Å². The Hall–Kier alpha value is -2.15. The molecule has 3 rings (SSSR count). The van der Waals surface area contributed by atoms with E-state index in [9.17, 15) is 14.9 Å². The fraction of sp³-hybridized carbons (Fsp3) is 0.697. The van der Waals surface area contributed by atoms with Gasteiger partial charge in [0.2, 0.25) is 0 Å². The minimum absolute atomic E-state index is 0.00783. The number of thioether (sulfide) groups is 1. The summed E-state index contributed by atoms with van der Waals surface area (Å²) in [5, 5.41) is 9.96. The third-order valence-electron chi connectivity index (χ3n) is 8.19. The van der Waals surface area contributed by atoms with Crippen LogP contribution in [-0.4, -0.2) is 51.5 Å². The van der Waals surface area contributed by atoms with Crippen molar-refractivity contribution in [1.29, 1.82) is 5.26 Å². The van der Waals surface area contributed by atoms with Gasteiger partial charge in [0.25, 0.3) is 11.5 Å². The van der Waals surface area contributed by atoms with Gasteiger partial charge in [0.15, 0.2) is 0 Å². The number of hydrogen-bond donors (Lipinski definition) is 0. The zero-order valence-corrected chi connectivity index (χ0v) is 28.0. The number of unbranched alkanes of at least 4 members (excludes halogenated alkanes) is 10. The van der Waals surface area contributed by atoms with Crippen molar-refractivity contribution in [2.24, 2.45) is 0 Å². The van der Waals surface area contributed by atoms with Crippen LogP contribution in [0.5, 0.6) is 0 Å². The molecule has 2 fully saturated rings. The second kappa shape index (κ2) is 17.2. The van der Waals surface area contributed by atoms with E-state index in [1.54, 1.807) is 9.47 Å². The van der Waals surface area contributed by atoms with E-state index in [4.69, 9.17) is 17.0 Å². The molecule has 232 valence electrons. The SMILES string of the molecule is CCCCCCCCCCCCN1C(=O)/C(=C\c2c(C)c(C#N)c(=O)n(CCCC)c2N2CC(C)OC(C)C2)SC1=S. The number of morpholine rings is 1. The molecule has 0 spiro atoms. The number of thiocarbonyl (C=S) groups is 1. The van der Waals surface area contributed by atoms with E-state index in [0.29, 0.717) is 41.0 Å². The molecule has 1 amide bonds. The quantitative estimate of drug-likeness (QED) is 0.108. The lowest BCUT2D eigenvalue weighted by Gasteiger charge is -2.39. The van der Waals surface area contributed by atoms with Gasteiger partial charge in [-0.3, -0.25) is 19.1 Å². The van der Waals surface area contributed by atoms with E-state index in [1.165, 1.54) is 63.1 Å². The summed E-state index contributed by atoms with van der Waals surface area (Å²) in [6.45, 7) is 12.6. The minimum atomic E-state index is -0.268. The second-order valence-corrected chi connectivity index (χ2v) is 13.5. The number of ether oxygens (including phenoxy) is 1. The topological polar surface area (TPSA) is 78.6 Å². The molecule has 9 heteroatoms. The van der Waals surface area contributed by atoms with Crippen LogP contribution in [0.3, 0.4) is 0 Å². The van der Waals surface area contributed by atoms with E-state index in [0.717, 1.165) is 37.1 Å². The van der Waals surface area contributed by atoms with Crippen molar-refractivity contribution in [1.82, 2.24) is 9.47 Å². The normalized spacial score (nSPS) is 20.1. The van der Waals surface area contributed by atoms with Crippen LogP contribution in [0, 0.1) is 18.3 Å². The number of aromatic nitrogens is 1. The van der Waals surface area contributed by atoms with E-state index in [-0.39, 0.29) is 29.2 Å². The Bertz CT molecular complexity index is 1210. The van der Waals surface area contributed by atoms with E-state index in [1.807, 2.05) is 26.8 Å². The van der Waals surface area contributed by atoms with Gasteiger partial charge in [0.05, 0.1) is 17.1 Å². The summed E-state index contributed by atoms with van der Waals surface area (Å²) in [4.78, 5) is 31.6. The highest BCUT2D eigenvalue weighted by molar-refractivity contribution is 8.26. The number of hydrogen-bond acceptors (Lipinski definition) is 7. The Balaban J connectivity index is 1.81. The first-order valence-corrected chi connectivity index (χ1v) is 17.3. The molecule has 0 aliphatic carbocycles. The largest absolute Gasteiger partial charge is 0.372 e. The number of carbonyl (C=O) groups is 1. The summed E-state index contributed by atoms with van der Waals surface area (Å²) in [7, 11) is 0. The predicted molar refractivity (Wildman–Crippen MR) is 179 cm³/mol. The maximum absolute atomic E-state index is 13.6. The third-order valence-corrected chi connectivity index (χ3v) is 9.56. The smallest absolute Gasteiger partial charge is 0.270 e. The molecular weight excluding hydrogens is 565 g/mol. The molecule has 3 heterocycles. The molecule has 0 aromatic carbocycles. The van der Waals surface area contributed by atoms with E-state index < -0.39 is 0 Å². The average molecular weight is 615 g/mol. The summed E-state index contributed by atoms with van der Waals surface area (Å²) in [5.41, 5.74) is 1.23. The molecule has 7 nitrogen and oxygen atoms in total. The number of nitriles is 1. The zero-order valence-electron chi connectivity index (χ0n) is 26.4. The molecular formula is C33H50N4O3S2. The molecule has 0 saturated carbocycles. The first-order valence-electron chi connectivity index (χ1n) is 16.1. The Kier molecular flexibility index (Phi) is 14.1. The summed E-state index contributed by atoms with van der Waals surface area (Å²) in [6.07, 6.45) is 16.0. The van der Waals surface area contributed by atoms with Crippen LogP contribution >= 0.6 is 24.0 Å². The van der Waals surface area contributed by atoms with Crippen LogP contribution < -0.4 is 10.5 Å². The standard InChI is InChI=1S/C33H50N4O3S2/c1-6-8-10-11-12-13-14-15-16-17-19-37-32(39)29(42-33(37)41)20-27-26(5)28(21-34)31(38)36(18-9-7-2)30(27)35-22-24(3)40-25(4)23-35/h20,24-25H,6-19,22-23H2,1-5H3/b29-20+. The predicted octanol–water partition coefficient (Wildman–Crippen LogP) is 7.56. The Morgan fingerprint density at radius 3 is 2.07 bits per heavy atom. The highest BCUT2D eigenvalue weighted by Crippen LogP contribution is 2.36. The summed E-state index contributed by atoms with van der Waals surface area (Å²) >= 11 is 6.97. The van der Waals surface area contributed by atoms with Crippen LogP contribution in [0.4, 0.5) is 5.82 Å². The summed E-state index contributed by atoms with van der Waals surface area (Å²) in [5.74, 6) is 0.687. The molecule has 0 bridgehead atoms. The van der Waals surface area contributed by atoms with Gasteiger partial charge < -0.3 is 9.64 Å². The molecule has 2 saturated heterocycles. The van der Waals surface area contributed by atoms with Gasteiger partial charge in [0, 0.05) is 31.7 Å². The maximum Gasteiger partial charge on any atom is 0.270 e. The number of rotatable bonds is 16. The van der Waals surface area contributed by atoms with Gasteiger partial charge >= 0.3 is 0 Å². The highest BCUT2D eigenvalue weighted by atomic mass is 32.2. The third kappa shape index (κ3) is 8.93. The number of nitrogens with zero attached hydrogens (tertiary/aromatic N) is 4. The monoisotopic (exact) mass is 614 g/mol. The average Bonchev–Trinajstić information content (AvgIpc) is 3.21. The molecule has 0 radical (unpaired) electrons. The Labute approximate surface area is 262 Å². The van der Waals surface area contributed by atoms with E-state index >= 15 is 0 Å². The van der Waals surface area contributed by atoms with Crippen LogP contribution in [0.25, 0.3) is 6.08 Å². The van der Waals surface area contributed by atoms with Gasteiger partial charge in [-0.25, -0.2) is 0 Å². The van der Waals surface area contributed by atoms with E-state index in [2.05, 4.69) is 24.8 Å². The number of anilines is 1. The van der Waals surface area contributed by atoms with Gasteiger partial charge in [-0.05, 0) is 45.3 Å². The molecule has 2 unspecified atom stereocenters. The molecule has 42 heavy (non-hydrogen) atoms. The van der Waals surface area contributed by atoms with Crippen LogP contribution in [0.2, 0.25) is 0 Å². The van der Waals surface area contributed by atoms with Crippen molar-refractivity contribution in [2.45, 2.75) is 130 Å². The van der Waals surface area contributed by atoms with Crippen LogP contribution in [-0.2, 0) is 16.1 Å². The first-order chi connectivity index (χ1) is 20.2. The van der Waals surface area contributed by atoms with Crippen molar-refractivity contribution in [3.63, 3.8) is 0 Å². The maximum atomic E-state index is 13.6. The molecule has 0 N–H and O–H groups in total. The van der Waals surface area contributed by atoms with Crippen molar-refractivity contribution in [2.75, 3.05) is 24.5 Å². The molecule has 2 aliphatic rings. The number of carbonyl (C=O) groups excluding carboxylic acids is 1. The fourth-order valence-electron chi connectivity index (χ4n) is 5.94. The lowest BCUT2D eigenvalue weighted by molar-refractivity contribution is -0.122. The van der Waals surface area contributed by atoms with Gasteiger partial charge in [-0.2, -0.15) is 5.26 Å². The van der Waals surface area contributed by atoms with Crippen molar-refractivity contribution in [3.8, 4) is 6.07 Å². The van der Waals surface area contributed by atoms with Gasteiger partial charge in [-0.15, -0.1) is 0 Å². The second-order valence-electron chi connectivity index (χ2n) is 11.8. The fourth-order valence-corrected chi connectivity index (χ4v) is 7.23. The molecule has 2 atom stereocenters. The molecule has 1 aromatic heterocycles.